The van der Waals surface area contributed by atoms with Crippen molar-refractivity contribution in [2.45, 2.75) is 32.8 Å². The van der Waals surface area contributed by atoms with Crippen molar-refractivity contribution in [1.82, 2.24) is 4.90 Å². The van der Waals surface area contributed by atoms with Crippen LogP contribution in [0.25, 0.3) is 0 Å². The highest BCUT2D eigenvalue weighted by Gasteiger charge is 2.37. The molecule has 1 N–H and O–H groups in total. The third kappa shape index (κ3) is 2.69. The molecule has 1 aliphatic rings. The number of β-amino-alcohol motifs (C(OH)–C–C–N with tert-alkyl or cyclic N) is 1. The number of aliphatic hydroxyl groups is 1. The van der Waals surface area contributed by atoms with Crippen molar-refractivity contribution in [3.8, 4) is 6.07 Å². The summed E-state index contributed by atoms with van der Waals surface area (Å²) in [5.41, 5.74) is -0.785. The SMILES string of the molecule is CC(C)C(C#N)C(=O)N1CCC(C)(O)C1. The van der Waals surface area contributed by atoms with Crippen molar-refractivity contribution in [2.75, 3.05) is 13.1 Å². The summed E-state index contributed by atoms with van der Waals surface area (Å²) in [6.45, 7) is 6.34. The molecule has 1 heterocycles. The Morgan fingerprint density at radius 1 is 1.60 bits per heavy atom. The maximum Gasteiger partial charge on any atom is 0.240 e. The minimum atomic E-state index is -0.785. The molecule has 0 aromatic heterocycles. The Morgan fingerprint density at radius 2 is 2.20 bits per heavy atom. The lowest BCUT2D eigenvalue weighted by molar-refractivity contribution is -0.134. The van der Waals surface area contributed by atoms with Gasteiger partial charge in [-0.2, -0.15) is 5.26 Å². The van der Waals surface area contributed by atoms with Gasteiger partial charge < -0.3 is 10.0 Å². The molecule has 4 heteroatoms. The molecule has 1 saturated heterocycles. The van der Waals surface area contributed by atoms with Crippen LogP contribution in [0, 0.1) is 23.2 Å². The van der Waals surface area contributed by atoms with Crippen LogP contribution in [-0.4, -0.2) is 34.6 Å². The molecule has 0 saturated carbocycles. The summed E-state index contributed by atoms with van der Waals surface area (Å²) in [6, 6.07) is 2.03. The predicted octanol–water partition coefficient (Wildman–Crippen LogP) is 0.765. The fourth-order valence-electron chi connectivity index (χ4n) is 1.82. The van der Waals surface area contributed by atoms with Crippen molar-refractivity contribution in [2.24, 2.45) is 11.8 Å². The molecule has 1 rings (SSSR count). The highest BCUT2D eigenvalue weighted by molar-refractivity contribution is 5.81. The molecule has 0 aromatic carbocycles. The van der Waals surface area contributed by atoms with Crippen LogP contribution in [0.15, 0.2) is 0 Å². The zero-order chi connectivity index (χ0) is 11.6. The average Bonchev–Trinajstić information content (AvgIpc) is 2.46. The summed E-state index contributed by atoms with van der Waals surface area (Å²) < 4.78 is 0. The van der Waals surface area contributed by atoms with Crippen LogP contribution < -0.4 is 0 Å². The first kappa shape index (κ1) is 12.0. The number of amides is 1. The van der Waals surface area contributed by atoms with Crippen LogP contribution in [0.2, 0.25) is 0 Å². The Bertz CT molecular complexity index is 291. The van der Waals surface area contributed by atoms with Crippen LogP contribution in [0.1, 0.15) is 27.2 Å². The first-order valence-corrected chi connectivity index (χ1v) is 5.28. The Balaban J connectivity index is 2.67. The third-order valence-electron chi connectivity index (χ3n) is 2.84. The molecule has 0 radical (unpaired) electrons. The topological polar surface area (TPSA) is 64.3 Å². The van der Waals surface area contributed by atoms with E-state index in [-0.39, 0.29) is 11.8 Å². The van der Waals surface area contributed by atoms with E-state index in [9.17, 15) is 9.90 Å². The van der Waals surface area contributed by atoms with Crippen LogP contribution in [0.4, 0.5) is 0 Å². The number of hydrogen-bond donors (Lipinski definition) is 1. The number of carbonyl (C=O) groups excluding carboxylic acids is 1. The van der Waals surface area contributed by atoms with Gasteiger partial charge in [-0.05, 0) is 19.3 Å². The van der Waals surface area contributed by atoms with Crippen molar-refractivity contribution < 1.29 is 9.90 Å². The Hall–Kier alpha value is -1.08. The Labute approximate surface area is 90.5 Å². The van der Waals surface area contributed by atoms with Gasteiger partial charge in [-0.3, -0.25) is 4.79 Å². The molecule has 84 valence electrons. The van der Waals surface area contributed by atoms with Crippen molar-refractivity contribution in [1.29, 1.82) is 5.26 Å². The summed E-state index contributed by atoms with van der Waals surface area (Å²) in [5, 5.41) is 18.6. The van der Waals surface area contributed by atoms with Gasteiger partial charge in [0.25, 0.3) is 0 Å². The molecule has 4 nitrogen and oxygen atoms in total. The third-order valence-corrected chi connectivity index (χ3v) is 2.84. The average molecular weight is 210 g/mol. The summed E-state index contributed by atoms with van der Waals surface area (Å²) in [5.74, 6) is -0.711. The van der Waals surface area contributed by atoms with Crippen molar-refractivity contribution in [3.63, 3.8) is 0 Å². The molecular weight excluding hydrogens is 192 g/mol. The van der Waals surface area contributed by atoms with E-state index in [1.54, 1.807) is 11.8 Å². The minimum Gasteiger partial charge on any atom is -0.388 e. The lowest BCUT2D eigenvalue weighted by Crippen LogP contribution is -2.38. The highest BCUT2D eigenvalue weighted by Crippen LogP contribution is 2.23. The second-order valence-corrected chi connectivity index (χ2v) is 4.86. The second kappa shape index (κ2) is 4.19. The maximum atomic E-state index is 11.9. The highest BCUT2D eigenvalue weighted by atomic mass is 16.3. The van der Waals surface area contributed by atoms with E-state index in [0.717, 1.165) is 0 Å². The number of hydrogen-bond acceptors (Lipinski definition) is 3. The van der Waals surface area contributed by atoms with Gasteiger partial charge in [0.1, 0.15) is 5.92 Å². The summed E-state index contributed by atoms with van der Waals surface area (Å²) in [4.78, 5) is 13.5. The van der Waals surface area contributed by atoms with Gasteiger partial charge in [-0.1, -0.05) is 13.8 Å². The van der Waals surface area contributed by atoms with Crippen LogP contribution in [0.5, 0.6) is 0 Å². The van der Waals surface area contributed by atoms with Crippen molar-refractivity contribution in [3.05, 3.63) is 0 Å². The monoisotopic (exact) mass is 210 g/mol. The number of likely N-dealkylation sites (tertiary alicyclic amines) is 1. The molecule has 2 unspecified atom stereocenters. The zero-order valence-electron chi connectivity index (χ0n) is 9.53. The molecular formula is C11H18N2O2. The van der Waals surface area contributed by atoms with Crippen LogP contribution >= 0.6 is 0 Å². The summed E-state index contributed by atoms with van der Waals surface area (Å²) in [6.07, 6.45) is 0.592. The second-order valence-electron chi connectivity index (χ2n) is 4.86. The predicted molar refractivity (Wildman–Crippen MR) is 55.8 cm³/mol. The molecule has 15 heavy (non-hydrogen) atoms. The molecule has 1 amide bonds. The van der Waals surface area contributed by atoms with E-state index in [1.807, 2.05) is 19.9 Å². The maximum absolute atomic E-state index is 11.9. The molecule has 0 aliphatic carbocycles. The van der Waals surface area contributed by atoms with E-state index < -0.39 is 11.5 Å². The van der Waals surface area contributed by atoms with E-state index in [0.29, 0.717) is 19.5 Å². The fraction of sp³-hybridized carbons (Fsp3) is 0.818. The molecule has 0 bridgehead atoms. The standard InChI is InChI=1S/C11H18N2O2/c1-8(2)9(6-12)10(14)13-5-4-11(3,15)7-13/h8-9,15H,4-5,7H2,1-3H3. The smallest absolute Gasteiger partial charge is 0.240 e. The normalized spacial score (nSPS) is 27.9. The van der Waals surface area contributed by atoms with Gasteiger partial charge in [-0.15, -0.1) is 0 Å². The molecule has 0 spiro atoms. The quantitative estimate of drug-likeness (QED) is 0.732. The van der Waals surface area contributed by atoms with E-state index in [1.165, 1.54) is 0 Å². The molecule has 0 aromatic rings. The van der Waals surface area contributed by atoms with Crippen LogP contribution in [-0.2, 0) is 4.79 Å². The molecule has 2 atom stereocenters. The molecule has 1 aliphatic heterocycles. The van der Waals surface area contributed by atoms with Gasteiger partial charge in [0, 0.05) is 13.1 Å². The summed E-state index contributed by atoms with van der Waals surface area (Å²) in [7, 11) is 0. The lowest BCUT2D eigenvalue weighted by atomic mass is 9.96. The largest absolute Gasteiger partial charge is 0.388 e. The number of rotatable bonds is 2. The van der Waals surface area contributed by atoms with Gasteiger partial charge >= 0.3 is 0 Å². The number of nitriles is 1. The van der Waals surface area contributed by atoms with Gasteiger partial charge in [-0.25, -0.2) is 0 Å². The van der Waals surface area contributed by atoms with Gasteiger partial charge in [0.05, 0.1) is 11.7 Å². The van der Waals surface area contributed by atoms with Gasteiger partial charge in [0.15, 0.2) is 0 Å². The van der Waals surface area contributed by atoms with E-state index in [4.69, 9.17) is 5.26 Å². The van der Waals surface area contributed by atoms with E-state index >= 15 is 0 Å². The lowest BCUT2D eigenvalue weighted by Gasteiger charge is -2.22. The van der Waals surface area contributed by atoms with Crippen molar-refractivity contribution >= 4 is 5.91 Å². The first-order valence-electron chi connectivity index (χ1n) is 5.28. The summed E-state index contributed by atoms with van der Waals surface area (Å²) >= 11 is 0. The van der Waals surface area contributed by atoms with Gasteiger partial charge in [0.2, 0.25) is 5.91 Å². The Morgan fingerprint density at radius 3 is 2.53 bits per heavy atom. The van der Waals surface area contributed by atoms with E-state index in [2.05, 4.69) is 0 Å². The molecule has 1 fully saturated rings. The number of nitrogens with zero attached hydrogens (tertiary/aromatic N) is 2. The zero-order valence-corrected chi connectivity index (χ0v) is 9.53. The minimum absolute atomic E-state index is 0.0213. The van der Waals surface area contributed by atoms with Crippen LogP contribution in [0.3, 0.4) is 0 Å². The number of carbonyl (C=O) groups is 1. The Kier molecular flexibility index (Phi) is 3.35. The fourth-order valence-corrected chi connectivity index (χ4v) is 1.82. The first-order chi connectivity index (χ1) is 6.87.